The molecule has 0 unspecified atom stereocenters. The number of anilines is 1. The largest absolute Gasteiger partial charge is 0.465 e. The average Bonchev–Trinajstić information content (AvgIpc) is 2.48. The van der Waals surface area contributed by atoms with E-state index in [1.54, 1.807) is 12.1 Å². The maximum absolute atomic E-state index is 11.3. The van der Waals surface area contributed by atoms with E-state index in [0.29, 0.717) is 17.0 Å². The lowest BCUT2D eigenvalue weighted by atomic mass is 10.2. The Bertz CT molecular complexity index is 378. The number of rotatable bonds is 1. The summed E-state index contributed by atoms with van der Waals surface area (Å²) >= 11 is 3.29. The molecule has 1 aromatic carbocycles. The second kappa shape index (κ2) is 2.92. The van der Waals surface area contributed by atoms with E-state index < -0.39 is 5.97 Å². The molecule has 1 heterocycles. The highest BCUT2D eigenvalue weighted by molar-refractivity contribution is 9.10. The Labute approximate surface area is 82.9 Å². The van der Waals surface area contributed by atoms with Crippen molar-refractivity contribution in [2.45, 2.75) is 0 Å². The molecule has 0 saturated carbocycles. The quantitative estimate of drug-likeness (QED) is 0.767. The van der Waals surface area contributed by atoms with Gasteiger partial charge >= 0.3 is 5.97 Å². The van der Waals surface area contributed by atoms with Gasteiger partial charge in [0.25, 0.3) is 0 Å². The van der Waals surface area contributed by atoms with Gasteiger partial charge in [0.05, 0.1) is 7.11 Å². The summed E-state index contributed by atoms with van der Waals surface area (Å²) in [5.74, 6) is 0.0846. The normalized spacial score (nSPS) is 11.8. The number of benzene rings is 1. The summed E-state index contributed by atoms with van der Waals surface area (Å²) < 4.78 is 5.39. The van der Waals surface area contributed by atoms with Gasteiger partial charge in [-0.15, -0.1) is 0 Å². The van der Waals surface area contributed by atoms with Crippen molar-refractivity contribution in [1.29, 1.82) is 0 Å². The number of carbonyl (C=O) groups is 1. The third-order valence-corrected chi connectivity index (χ3v) is 2.43. The number of carbonyl (C=O) groups excluding carboxylic acids is 1. The van der Waals surface area contributed by atoms with E-state index in [-0.39, 0.29) is 0 Å². The van der Waals surface area contributed by atoms with E-state index in [2.05, 4.69) is 26.1 Å². The molecule has 0 aliphatic carbocycles. The summed E-state index contributed by atoms with van der Waals surface area (Å²) in [6, 6.07) is 3.50. The molecule has 4 nitrogen and oxygen atoms in total. The fourth-order valence-electron chi connectivity index (χ4n) is 1.15. The van der Waals surface area contributed by atoms with E-state index >= 15 is 0 Å². The molecule has 68 valence electrons. The maximum atomic E-state index is 11.3. The molecular formula is C8H6BrNO3. The Hall–Kier alpha value is -1.23. The van der Waals surface area contributed by atoms with Crippen molar-refractivity contribution >= 4 is 27.6 Å². The number of esters is 1. The first kappa shape index (κ1) is 8.37. The summed E-state index contributed by atoms with van der Waals surface area (Å²) in [7, 11) is 1.34. The molecule has 1 aliphatic heterocycles. The van der Waals surface area contributed by atoms with Crippen molar-refractivity contribution in [3.05, 3.63) is 22.2 Å². The van der Waals surface area contributed by atoms with E-state index in [4.69, 9.17) is 4.84 Å². The smallest absolute Gasteiger partial charge is 0.344 e. The van der Waals surface area contributed by atoms with Crippen LogP contribution in [-0.4, -0.2) is 13.1 Å². The molecule has 0 fully saturated rings. The number of hydrogen-bond donors (Lipinski definition) is 1. The van der Waals surface area contributed by atoms with Crippen LogP contribution in [0.15, 0.2) is 16.6 Å². The van der Waals surface area contributed by atoms with Crippen LogP contribution in [-0.2, 0) is 4.74 Å². The third-order valence-electron chi connectivity index (χ3n) is 1.77. The molecule has 0 spiro atoms. The molecule has 2 rings (SSSR count). The van der Waals surface area contributed by atoms with Crippen molar-refractivity contribution in [1.82, 2.24) is 0 Å². The summed E-state index contributed by atoms with van der Waals surface area (Å²) in [4.78, 5) is 16.3. The highest BCUT2D eigenvalue weighted by atomic mass is 79.9. The molecule has 13 heavy (non-hydrogen) atoms. The van der Waals surface area contributed by atoms with Crippen LogP contribution in [0.25, 0.3) is 0 Å². The Morgan fingerprint density at radius 3 is 3.08 bits per heavy atom. The van der Waals surface area contributed by atoms with Crippen molar-refractivity contribution < 1.29 is 14.4 Å². The lowest BCUT2D eigenvalue weighted by Gasteiger charge is -1.99. The minimum Gasteiger partial charge on any atom is -0.465 e. The molecule has 5 heteroatoms. The Morgan fingerprint density at radius 1 is 1.62 bits per heavy atom. The molecule has 0 radical (unpaired) electrons. The van der Waals surface area contributed by atoms with Crippen molar-refractivity contribution in [2.75, 3.05) is 12.6 Å². The molecule has 1 aliphatic rings. The van der Waals surface area contributed by atoms with Crippen LogP contribution in [0.5, 0.6) is 5.75 Å². The second-order valence-corrected chi connectivity index (χ2v) is 3.35. The fourth-order valence-corrected chi connectivity index (χ4v) is 1.57. The minimum absolute atomic E-state index is 0.406. The van der Waals surface area contributed by atoms with Gasteiger partial charge in [0.1, 0.15) is 11.3 Å². The lowest BCUT2D eigenvalue weighted by Crippen LogP contribution is -2.00. The number of ether oxygens (including phenoxy) is 1. The SMILES string of the molecule is COC(=O)c1c2ccc(Br)c1NO2. The van der Waals surface area contributed by atoms with Crippen LogP contribution in [0, 0.1) is 0 Å². The van der Waals surface area contributed by atoms with Crippen LogP contribution < -0.4 is 10.3 Å². The summed E-state index contributed by atoms with van der Waals surface area (Å²) in [6.07, 6.45) is 0. The van der Waals surface area contributed by atoms with Crippen LogP contribution >= 0.6 is 15.9 Å². The number of fused-ring (bicyclic) bond motifs is 2. The number of methoxy groups -OCH3 is 1. The molecule has 1 aromatic rings. The van der Waals surface area contributed by atoms with Gasteiger partial charge in [-0.05, 0) is 28.1 Å². The van der Waals surface area contributed by atoms with E-state index in [0.717, 1.165) is 4.47 Å². The topological polar surface area (TPSA) is 47.6 Å². The van der Waals surface area contributed by atoms with Gasteiger partial charge in [0, 0.05) is 4.47 Å². The Kier molecular flexibility index (Phi) is 1.88. The lowest BCUT2D eigenvalue weighted by molar-refractivity contribution is 0.0601. The summed E-state index contributed by atoms with van der Waals surface area (Å²) in [5.41, 5.74) is 3.67. The van der Waals surface area contributed by atoms with E-state index in [9.17, 15) is 4.79 Å². The van der Waals surface area contributed by atoms with Gasteiger partial charge in [-0.25, -0.2) is 10.3 Å². The molecule has 2 bridgehead atoms. The van der Waals surface area contributed by atoms with E-state index in [1.165, 1.54) is 7.11 Å². The monoisotopic (exact) mass is 243 g/mol. The number of halogens is 1. The molecule has 0 saturated heterocycles. The second-order valence-electron chi connectivity index (χ2n) is 2.49. The zero-order chi connectivity index (χ0) is 9.42. The average molecular weight is 244 g/mol. The number of nitrogens with one attached hydrogen (secondary N) is 1. The molecular weight excluding hydrogens is 238 g/mol. The highest BCUT2D eigenvalue weighted by Gasteiger charge is 2.26. The zero-order valence-corrected chi connectivity index (χ0v) is 8.34. The summed E-state index contributed by atoms with van der Waals surface area (Å²) in [6.45, 7) is 0. The molecule has 0 aromatic heterocycles. The van der Waals surface area contributed by atoms with Crippen molar-refractivity contribution in [3.63, 3.8) is 0 Å². The van der Waals surface area contributed by atoms with Gasteiger partial charge in [0.2, 0.25) is 0 Å². The maximum Gasteiger partial charge on any atom is 0.344 e. The van der Waals surface area contributed by atoms with Gasteiger partial charge in [-0.3, -0.25) is 0 Å². The number of hydrogen-bond acceptors (Lipinski definition) is 4. The first-order valence-electron chi connectivity index (χ1n) is 3.57. The molecule has 0 amide bonds. The standard InChI is InChI=1S/C8H6BrNO3/c1-12-8(11)6-5-3-2-4(9)7(6)10-13-5/h2-3,10H,1H3. The zero-order valence-electron chi connectivity index (χ0n) is 6.76. The van der Waals surface area contributed by atoms with Crippen LogP contribution in [0.4, 0.5) is 5.69 Å². The highest BCUT2D eigenvalue weighted by Crippen LogP contribution is 2.38. The van der Waals surface area contributed by atoms with Crippen LogP contribution in [0.1, 0.15) is 10.4 Å². The third kappa shape index (κ3) is 1.16. The Balaban J connectivity index is 2.58. The molecule has 1 N–H and O–H groups in total. The first-order valence-corrected chi connectivity index (χ1v) is 4.37. The predicted octanol–water partition coefficient (Wildman–Crippen LogP) is 1.95. The van der Waals surface area contributed by atoms with Crippen LogP contribution in [0.2, 0.25) is 0 Å². The van der Waals surface area contributed by atoms with Crippen molar-refractivity contribution in [2.24, 2.45) is 0 Å². The van der Waals surface area contributed by atoms with E-state index in [1.807, 2.05) is 0 Å². The summed E-state index contributed by atoms with van der Waals surface area (Å²) in [5, 5.41) is 0. The van der Waals surface area contributed by atoms with Gasteiger partial charge in [0.15, 0.2) is 5.75 Å². The predicted molar refractivity (Wildman–Crippen MR) is 49.7 cm³/mol. The van der Waals surface area contributed by atoms with Gasteiger partial charge in [-0.1, -0.05) is 0 Å². The first-order chi connectivity index (χ1) is 6.24. The Morgan fingerprint density at radius 2 is 2.38 bits per heavy atom. The molecule has 0 atom stereocenters. The van der Waals surface area contributed by atoms with Gasteiger partial charge < -0.3 is 9.57 Å². The minimum atomic E-state index is -0.406. The van der Waals surface area contributed by atoms with Crippen molar-refractivity contribution in [3.8, 4) is 5.75 Å². The fraction of sp³-hybridized carbons (Fsp3) is 0.125. The van der Waals surface area contributed by atoms with Gasteiger partial charge in [-0.2, -0.15) is 0 Å². The van der Waals surface area contributed by atoms with Crippen LogP contribution in [0.3, 0.4) is 0 Å².